The fourth-order valence-corrected chi connectivity index (χ4v) is 2.16. The molecule has 0 fully saturated rings. The molecule has 0 aliphatic rings. The standard InChI is InChI=1S/C16H24BrNO2/c1-4-5-10-20-15-8-6-14(7-9-15)16(19)18-13(3)12(2)11-17/h6-9,12-13H,4-5,10-11H2,1-3H3,(H,18,19). The highest BCUT2D eigenvalue weighted by atomic mass is 79.9. The molecule has 0 radical (unpaired) electrons. The average molecular weight is 342 g/mol. The SMILES string of the molecule is CCCCOc1ccc(C(=O)NC(C)C(C)CBr)cc1. The van der Waals surface area contributed by atoms with E-state index in [2.05, 4.69) is 35.1 Å². The lowest BCUT2D eigenvalue weighted by molar-refractivity contribution is 0.0931. The third kappa shape index (κ3) is 5.53. The summed E-state index contributed by atoms with van der Waals surface area (Å²) in [4.78, 5) is 12.1. The maximum Gasteiger partial charge on any atom is 0.251 e. The minimum absolute atomic E-state index is 0.0367. The van der Waals surface area contributed by atoms with Crippen LogP contribution < -0.4 is 10.1 Å². The third-order valence-corrected chi connectivity index (χ3v) is 4.36. The number of carbonyl (C=O) groups excluding carboxylic acids is 1. The van der Waals surface area contributed by atoms with Gasteiger partial charge >= 0.3 is 0 Å². The normalized spacial score (nSPS) is 13.6. The third-order valence-electron chi connectivity index (χ3n) is 3.34. The van der Waals surface area contributed by atoms with Gasteiger partial charge in [-0.25, -0.2) is 0 Å². The fraction of sp³-hybridized carbons (Fsp3) is 0.562. The lowest BCUT2D eigenvalue weighted by Crippen LogP contribution is -2.37. The topological polar surface area (TPSA) is 38.3 Å². The lowest BCUT2D eigenvalue weighted by Gasteiger charge is -2.19. The van der Waals surface area contributed by atoms with Gasteiger partial charge in [0, 0.05) is 16.9 Å². The van der Waals surface area contributed by atoms with E-state index in [0.717, 1.165) is 30.5 Å². The molecular formula is C16H24BrNO2. The second-order valence-electron chi connectivity index (χ2n) is 5.12. The highest BCUT2D eigenvalue weighted by molar-refractivity contribution is 9.09. The molecule has 4 heteroatoms. The zero-order chi connectivity index (χ0) is 15.0. The van der Waals surface area contributed by atoms with Crippen LogP contribution in [0.4, 0.5) is 0 Å². The van der Waals surface area contributed by atoms with E-state index < -0.39 is 0 Å². The zero-order valence-corrected chi connectivity index (χ0v) is 14.1. The molecule has 0 bridgehead atoms. The van der Waals surface area contributed by atoms with Crippen molar-refractivity contribution >= 4 is 21.8 Å². The van der Waals surface area contributed by atoms with Gasteiger partial charge in [-0.1, -0.05) is 36.2 Å². The van der Waals surface area contributed by atoms with Gasteiger partial charge in [-0.15, -0.1) is 0 Å². The number of hydrogen-bond acceptors (Lipinski definition) is 2. The van der Waals surface area contributed by atoms with Crippen molar-refractivity contribution in [1.82, 2.24) is 5.32 Å². The van der Waals surface area contributed by atoms with E-state index in [1.54, 1.807) is 0 Å². The van der Waals surface area contributed by atoms with Gasteiger partial charge in [-0.2, -0.15) is 0 Å². The van der Waals surface area contributed by atoms with Crippen molar-refractivity contribution in [2.45, 2.75) is 39.7 Å². The molecule has 0 saturated carbocycles. The maximum atomic E-state index is 12.1. The molecule has 1 aromatic rings. The minimum atomic E-state index is -0.0367. The molecule has 20 heavy (non-hydrogen) atoms. The monoisotopic (exact) mass is 341 g/mol. The van der Waals surface area contributed by atoms with Crippen LogP contribution in [-0.4, -0.2) is 23.9 Å². The Morgan fingerprint density at radius 3 is 2.50 bits per heavy atom. The van der Waals surface area contributed by atoms with E-state index in [9.17, 15) is 4.79 Å². The molecule has 1 amide bonds. The zero-order valence-electron chi connectivity index (χ0n) is 12.5. The number of halogens is 1. The van der Waals surface area contributed by atoms with Gasteiger partial charge in [0.1, 0.15) is 5.75 Å². The van der Waals surface area contributed by atoms with Crippen LogP contribution in [0, 0.1) is 5.92 Å². The van der Waals surface area contributed by atoms with E-state index in [1.165, 1.54) is 0 Å². The number of alkyl halides is 1. The van der Waals surface area contributed by atoms with E-state index in [4.69, 9.17) is 4.74 Å². The van der Waals surface area contributed by atoms with Crippen LogP contribution in [-0.2, 0) is 0 Å². The van der Waals surface area contributed by atoms with Crippen molar-refractivity contribution in [3.8, 4) is 5.75 Å². The Hall–Kier alpha value is -1.03. The minimum Gasteiger partial charge on any atom is -0.494 e. The number of rotatable bonds is 8. The molecule has 0 heterocycles. The van der Waals surface area contributed by atoms with Crippen LogP contribution >= 0.6 is 15.9 Å². The predicted octanol–water partition coefficient (Wildman–Crippen LogP) is 4.01. The number of unbranched alkanes of at least 4 members (excludes halogenated alkanes) is 1. The summed E-state index contributed by atoms with van der Waals surface area (Å²) in [6.07, 6.45) is 2.16. The van der Waals surface area contributed by atoms with Crippen LogP contribution in [0.5, 0.6) is 5.75 Å². The van der Waals surface area contributed by atoms with Crippen LogP contribution in [0.2, 0.25) is 0 Å². The summed E-state index contributed by atoms with van der Waals surface area (Å²) in [5, 5.41) is 3.88. The molecule has 1 rings (SSSR count). The molecule has 3 nitrogen and oxygen atoms in total. The Morgan fingerprint density at radius 1 is 1.30 bits per heavy atom. The first kappa shape index (κ1) is 17.0. The summed E-state index contributed by atoms with van der Waals surface area (Å²) in [5.74, 6) is 1.18. The molecule has 2 atom stereocenters. The average Bonchev–Trinajstić information content (AvgIpc) is 2.47. The number of nitrogens with one attached hydrogen (secondary N) is 1. The maximum absolute atomic E-state index is 12.1. The van der Waals surface area contributed by atoms with Crippen LogP contribution in [0.1, 0.15) is 44.0 Å². The summed E-state index contributed by atoms with van der Waals surface area (Å²) >= 11 is 3.43. The molecule has 0 saturated heterocycles. The van der Waals surface area contributed by atoms with Gasteiger partial charge < -0.3 is 10.1 Å². The molecule has 1 aromatic carbocycles. The quantitative estimate of drug-likeness (QED) is 0.573. The highest BCUT2D eigenvalue weighted by Gasteiger charge is 2.14. The van der Waals surface area contributed by atoms with E-state index >= 15 is 0 Å². The molecule has 0 aliphatic carbocycles. The smallest absolute Gasteiger partial charge is 0.251 e. The Kier molecular flexibility index (Phi) is 7.67. The molecule has 1 N–H and O–H groups in total. The van der Waals surface area contributed by atoms with Crippen LogP contribution in [0.3, 0.4) is 0 Å². The number of ether oxygens (including phenoxy) is 1. The van der Waals surface area contributed by atoms with Crippen molar-refractivity contribution in [3.63, 3.8) is 0 Å². The number of carbonyl (C=O) groups is 1. The van der Waals surface area contributed by atoms with Gasteiger partial charge in [0.15, 0.2) is 0 Å². The van der Waals surface area contributed by atoms with Gasteiger partial charge in [0.2, 0.25) is 0 Å². The van der Waals surface area contributed by atoms with Gasteiger partial charge in [-0.3, -0.25) is 4.79 Å². The van der Waals surface area contributed by atoms with E-state index in [-0.39, 0.29) is 11.9 Å². The fourth-order valence-electron chi connectivity index (χ4n) is 1.60. The Bertz CT molecular complexity index is 405. The highest BCUT2D eigenvalue weighted by Crippen LogP contribution is 2.13. The Morgan fingerprint density at radius 2 is 1.95 bits per heavy atom. The number of benzene rings is 1. The summed E-state index contributed by atoms with van der Waals surface area (Å²) in [7, 11) is 0. The molecule has 0 spiro atoms. The first-order chi connectivity index (χ1) is 9.58. The molecule has 0 aliphatic heterocycles. The van der Waals surface area contributed by atoms with Crippen molar-refractivity contribution in [3.05, 3.63) is 29.8 Å². The van der Waals surface area contributed by atoms with Crippen molar-refractivity contribution in [1.29, 1.82) is 0 Å². The summed E-state index contributed by atoms with van der Waals surface area (Å²) in [6.45, 7) is 6.98. The molecule has 2 unspecified atom stereocenters. The van der Waals surface area contributed by atoms with Gasteiger partial charge in [0.25, 0.3) is 5.91 Å². The van der Waals surface area contributed by atoms with Crippen LogP contribution in [0.25, 0.3) is 0 Å². The van der Waals surface area contributed by atoms with E-state index in [0.29, 0.717) is 11.5 Å². The van der Waals surface area contributed by atoms with Crippen molar-refractivity contribution in [2.24, 2.45) is 5.92 Å². The van der Waals surface area contributed by atoms with Gasteiger partial charge in [-0.05, 0) is 43.5 Å². The largest absolute Gasteiger partial charge is 0.494 e. The first-order valence-corrected chi connectivity index (χ1v) is 8.30. The van der Waals surface area contributed by atoms with Crippen molar-refractivity contribution in [2.75, 3.05) is 11.9 Å². The molecule has 0 aromatic heterocycles. The summed E-state index contributed by atoms with van der Waals surface area (Å²) in [6, 6.07) is 7.46. The Balaban J connectivity index is 2.53. The Labute approximate surface area is 130 Å². The van der Waals surface area contributed by atoms with Crippen LogP contribution in [0.15, 0.2) is 24.3 Å². The second-order valence-corrected chi connectivity index (χ2v) is 5.77. The second kappa shape index (κ2) is 9.01. The lowest BCUT2D eigenvalue weighted by atomic mass is 10.1. The molecular weight excluding hydrogens is 318 g/mol. The number of amides is 1. The first-order valence-electron chi connectivity index (χ1n) is 7.18. The number of hydrogen-bond donors (Lipinski definition) is 1. The summed E-state index contributed by atoms with van der Waals surface area (Å²) in [5.41, 5.74) is 0.668. The van der Waals surface area contributed by atoms with Crippen molar-refractivity contribution < 1.29 is 9.53 Å². The van der Waals surface area contributed by atoms with E-state index in [1.807, 2.05) is 31.2 Å². The predicted molar refractivity (Wildman–Crippen MR) is 86.7 cm³/mol. The molecule has 112 valence electrons. The van der Waals surface area contributed by atoms with Gasteiger partial charge in [0.05, 0.1) is 6.61 Å². The summed E-state index contributed by atoms with van der Waals surface area (Å²) < 4.78 is 5.58.